The summed E-state index contributed by atoms with van der Waals surface area (Å²) in [6.45, 7) is 2.21. The number of nitrogens with zero attached hydrogens (tertiary/aromatic N) is 1. The number of hydrogen-bond donors (Lipinski definition) is 2. The van der Waals surface area contributed by atoms with Gasteiger partial charge in [-0.2, -0.15) is 4.31 Å². The summed E-state index contributed by atoms with van der Waals surface area (Å²) in [6.07, 6.45) is 0.325. The molecule has 0 atom stereocenters. The third kappa shape index (κ3) is 4.29. The van der Waals surface area contributed by atoms with Gasteiger partial charge in [-0.3, -0.25) is 9.59 Å². The van der Waals surface area contributed by atoms with Crippen LogP contribution in [0.25, 0.3) is 0 Å². The summed E-state index contributed by atoms with van der Waals surface area (Å²) in [4.78, 5) is 25.7. The van der Waals surface area contributed by atoms with Gasteiger partial charge in [-0.1, -0.05) is 29.3 Å². The van der Waals surface area contributed by atoms with E-state index in [9.17, 15) is 18.0 Å². The average Bonchev–Trinajstić information content (AvgIpc) is 3.11. The van der Waals surface area contributed by atoms with E-state index < -0.39 is 21.8 Å². The third-order valence-electron chi connectivity index (χ3n) is 5.26. The van der Waals surface area contributed by atoms with Gasteiger partial charge in [-0.15, -0.1) is 11.3 Å². The topological polar surface area (TPSA) is 110 Å². The van der Waals surface area contributed by atoms with Crippen molar-refractivity contribution in [3.8, 4) is 0 Å². The molecule has 10 heteroatoms. The number of halogens is 1. The number of aryl methyl sites for hydroxylation is 1. The van der Waals surface area contributed by atoms with Crippen LogP contribution in [-0.2, 0) is 23.0 Å². The van der Waals surface area contributed by atoms with Gasteiger partial charge in [0.2, 0.25) is 10.0 Å². The number of carbonyl (C=O) groups excluding carboxylic acids is 2. The minimum absolute atomic E-state index is 0.104. The lowest BCUT2D eigenvalue weighted by Crippen LogP contribution is -2.35. The smallest absolute Gasteiger partial charge is 0.256 e. The molecule has 3 aromatic rings. The summed E-state index contributed by atoms with van der Waals surface area (Å²) in [5.74, 6) is -1.07. The number of anilines is 1. The number of sulfonamides is 1. The first-order chi connectivity index (χ1) is 15.2. The van der Waals surface area contributed by atoms with Gasteiger partial charge >= 0.3 is 0 Å². The number of nitrogens with two attached hydrogens (primary N) is 1. The van der Waals surface area contributed by atoms with Gasteiger partial charge in [0.15, 0.2) is 0 Å². The van der Waals surface area contributed by atoms with Crippen LogP contribution in [0.1, 0.15) is 36.7 Å². The molecule has 0 bridgehead atoms. The zero-order chi connectivity index (χ0) is 23.0. The lowest BCUT2D eigenvalue weighted by molar-refractivity contribution is 0.1000. The molecular formula is C22H20ClN3O4S2. The fraction of sp³-hybridized carbons (Fsp3) is 0.182. The molecule has 0 saturated heterocycles. The Hall–Kier alpha value is -2.72. The van der Waals surface area contributed by atoms with Gasteiger partial charge in [0.25, 0.3) is 11.8 Å². The van der Waals surface area contributed by atoms with E-state index in [2.05, 4.69) is 5.32 Å². The first-order valence-corrected chi connectivity index (χ1v) is 12.4. The van der Waals surface area contributed by atoms with E-state index in [1.807, 2.05) is 6.92 Å². The Morgan fingerprint density at radius 3 is 2.38 bits per heavy atom. The maximum Gasteiger partial charge on any atom is 0.256 e. The first kappa shape index (κ1) is 22.5. The molecule has 0 spiro atoms. The van der Waals surface area contributed by atoms with E-state index in [4.69, 9.17) is 17.3 Å². The van der Waals surface area contributed by atoms with Crippen molar-refractivity contribution in [2.24, 2.45) is 5.73 Å². The quantitative estimate of drug-likeness (QED) is 0.567. The Morgan fingerprint density at radius 1 is 1.09 bits per heavy atom. The van der Waals surface area contributed by atoms with Crippen LogP contribution in [0.5, 0.6) is 0 Å². The Kier molecular flexibility index (Phi) is 6.09. The Morgan fingerprint density at radius 2 is 1.75 bits per heavy atom. The molecule has 7 nitrogen and oxygen atoms in total. The Labute approximate surface area is 194 Å². The summed E-state index contributed by atoms with van der Waals surface area (Å²) in [5.41, 5.74) is 7.87. The van der Waals surface area contributed by atoms with Crippen LogP contribution in [-0.4, -0.2) is 31.1 Å². The number of carbonyl (C=O) groups is 2. The van der Waals surface area contributed by atoms with Gasteiger partial charge in [-0.05, 0) is 55.3 Å². The zero-order valence-corrected chi connectivity index (χ0v) is 19.5. The number of thiophene rings is 1. The van der Waals surface area contributed by atoms with E-state index >= 15 is 0 Å². The van der Waals surface area contributed by atoms with Crippen LogP contribution in [0, 0.1) is 6.92 Å². The number of hydrogen-bond acceptors (Lipinski definition) is 5. The van der Waals surface area contributed by atoms with Gasteiger partial charge in [-0.25, -0.2) is 8.42 Å². The number of nitrogens with one attached hydrogen (secondary N) is 1. The molecular weight excluding hydrogens is 470 g/mol. The standard InChI is InChI=1S/C22H20ClN3O4S2/c1-13-2-8-16(9-3-13)32(29,30)26-11-10-17-18(12-26)31-22(19(17)20(24)27)25-21(28)14-4-6-15(23)7-5-14/h2-9H,10-12H2,1H3,(H2,24,27)(H,25,28). The summed E-state index contributed by atoms with van der Waals surface area (Å²) >= 11 is 7.04. The van der Waals surface area contributed by atoms with Gasteiger partial charge in [0.1, 0.15) is 5.00 Å². The van der Waals surface area contributed by atoms with Crippen molar-refractivity contribution >= 4 is 49.8 Å². The molecule has 2 amide bonds. The second-order valence-corrected chi connectivity index (χ2v) is 10.9. The molecule has 2 heterocycles. The summed E-state index contributed by atoms with van der Waals surface area (Å²) in [5, 5.41) is 3.56. The molecule has 2 aromatic carbocycles. The number of primary amides is 1. The van der Waals surface area contributed by atoms with Crippen molar-refractivity contribution in [3.63, 3.8) is 0 Å². The Balaban J connectivity index is 1.63. The largest absolute Gasteiger partial charge is 0.365 e. The molecule has 0 saturated carbocycles. The summed E-state index contributed by atoms with van der Waals surface area (Å²) in [7, 11) is -3.69. The second-order valence-electron chi connectivity index (χ2n) is 7.43. The summed E-state index contributed by atoms with van der Waals surface area (Å²) in [6, 6.07) is 13.0. The number of benzene rings is 2. The molecule has 1 aromatic heterocycles. The molecule has 0 fully saturated rings. The summed E-state index contributed by atoms with van der Waals surface area (Å²) < 4.78 is 27.5. The van der Waals surface area contributed by atoms with Crippen LogP contribution in [0.15, 0.2) is 53.4 Å². The average molecular weight is 490 g/mol. The fourth-order valence-corrected chi connectivity index (χ4v) is 6.45. The third-order valence-corrected chi connectivity index (χ3v) is 8.50. The van der Waals surface area contributed by atoms with Gasteiger partial charge < -0.3 is 11.1 Å². The number of amides is 2. The lowest BCUT2D eigenvalue weighted by Gasteiger charge is -2.26. The fourth-order valence-electron chi connectivity index (χ4n) is 3.57. The highest BCUT2D eigenvalue weighted by atomic mass is 35.5. The number of fused-ring (bicyclic) bond motifs is 1. The van der Waals surface area contributed by atoms with Crippen LogP contribution >= 0.6 is 22.9 Å². The highest BCUT2D eigenvalue weighted by molar-refractivity contribution is 7.89. The van der Waals surface area contributed by atoms with Crippen molar-refractivity contribution in [1.82, 2.24) is 4.31 Å². The molecule has 0 unspecified atom stereocenters. The normalized spacial score (nSPS) is 14.1. The van der Waals surface area contributed by atoms with Crippen molar-refractivity contribution < 1.29 is 18.0 Å². The van der Waals surface area contributed by atoms with Crippen molar-refractivity contribution in [2.75, 3.05) is 11.9 Å². The molecule has 4 rings (SSSR count). The zero-order valence-electron chi connectivity index (χ0n) is 17.1. The second kappa shape index (κ2) is 8.67. The molecule has 0 radical (unpaired) electrons. The minimum atomic E-state index is -3.69. The van der Waals surface area contributed by atoms with E-state index in [-0.39, 0.29) is 23.5 Å². The van der Waals surface area contributed by atoms with Crippen LogP contribution in [0.2, 0.25) is 5.02 Å². The molecule has 1 aliphatic heterocycles. The maximum absolute atomic E-state index is 13.1. The van der Waals surface area contributed by atoms with Crippen molar-refractivity contribution in [3.05, 3.63) is 80.7 Å². The van der Waals surface area contributed by atoms with E-state index in [0.717, 1.165) is 5.56 Å². The minimum Gasteiger partial charge on any atom is -0.365 e. The highest BCUT2D eigenvalue weighted by Gasteiger charge is 2.33. The molecule has 166 valence electrons. The lowest BCUT2D eigenvalue weighted by atomic mass is 10.0. The van der Waals surface area contributed by atoms with Gasteiger partial charge in [0, 0.05) is 28.6 Å². The monoisotopic (exact) mass is 489 g/mol. The van der Waals surface area contributed by atoms with E-state index in [1.54, 1.807) is 48.5 Å². The van der Waals surface area contributed by atoms with Crippen molar-refractivity contribution in [1.29, 1.82) is 0 Å². The molecule has 32 heavy (non-hydrogen) atoms. The first-order valence-electron chi connectivity index (χ1n) is 9.75. The van der Waals surface area contributed by atoms with Crippen molar-refractivity contribution in [2.45, 2.75) is 24.8 Å². The SMILES string of the molecule is Cc1ccc(S(=O)(=O)N2CCc3c(sc(NC(=O)c4ccc(Cl)cc4)c3C(N)=O)C2)cc1. The molecule has 1 aliphatic rings. The Bertz CT molecular complexity index is 1300. The van der Waals surface area contributed by atoms with E-state index in [1.165, 1.54) is 15.6 Å². The predicted molar refractivity (Wildman–Crippen MR) is 125 cm³/mol. The maximum atomic E-state index is 13.1. The highest BCUT2D eigenvalue weighted by Crippen LogP contribution is 2.38. The van der Waals surface area contributed by atoms with Crippen LogP contribution < -0.4 is 11.1 Å². The molecule has 0 aliphatic carbocycles. The van der Waals surface area contributed by atoms with Crippen LogP contribution in [0.4, 0.5) is 5.00 Å². The van der Waals surface area contributed by atoms with Crippen LogP contribution in [0.3, 0.4) is 0 Å². The van der Waals surface area contributed by atoms with Gasteiger partial charge in [0.05, 0.1) is 10.5 Å². The predicted octanol–water partition coefficient (Wildman–Crippen LogP) is 3.81. The van der Waals surface area contributed by atoms with E-state index in [0.29, 0.717) is 32.4 Å². The molecule has 3 N–H and O–H groups in total. The number of rotatable bonds is 5.